The number of hydrogen-bond acceptors (Lipinski definition) is 6. The summed E-state index contributed by atoms with van der Waals surface area (Å²) in [4.78, 5) is 18.4. The zero-order chi connectivity index (χ0) is 19.1. The largest absolute Gasteiger partial charge is 0.492 e. The van der Waals surface area contributed by atoms with Crippen molar-refractivity contribution in [3.05, 3.63) is 66.1 Å². The number of carbonyl (C=O) groups excluding carboxylic acids is 1. The summed E-state index contributed by atoms with van der Waals surface area (Å²) in [5, 5.41) is 4.02. The van der Waals surface area contributed by atoms with Crippen molar-refractivity contribution in [3.8, 4) is 17.1 Å². The Hall–Kier alpha value is -3.19. The molecule has 0 bridgehead atoms. The second kappa shape index (κ2) is 8.95. The van der Waals surface area contributed by atoms with E-state index in [0.717, 1.165) is 11.3 Å². The molecule has 0 aliphatic rings. The molecule has 7 heteroatoms. The van der Waals surface area contributed by atoms with Crippen LogP contribution < -0.4 is 10.5 Å². The summed E-state index contributed by atoms with van der Waals surface area (Å²) in [7, 11) is 1.74. The van der Waals surface area contributed by atoms with Gasteiger partial charge in [0.15, 0.2) is 5.76 Å². The first-order valence-electron chi connectivity index (χ1n) is 8.68. The van der Waals surface area contributed by atoms with Crippen molar-refractivity contribution in [1.82, 2.24) is 15.0 Å². The molecular formula is C20H22N4O3. The SMILES string of the molecule is CN(Cc1cc(-c2ccccn2)no1)C(=O)Cc1cccc(OCCN)c1. The van der Waals surface area contributed by atoms with E-state index in [2.05, 4.69) is 10.1 Å². The molecule has 3 rings (SSSR count). The van der Waals surface area contributed by atoms with E-state index in [1.165, 1.54) is 0 Å². The lowest BCUT2D eigenvalue weighted by Gasteiger charge is -2.15. The molecule has 0 atom stereocenters. The maximum absolute atomic E-state index is 12.5. The second-order valence-electron chi connectivity index (χ2n) is 6.10. The number of ether oxygens (including phenoxy) is 1. The maximum Gasteiger partial charge on any atom is 0.227 e. The monoisotopic (exact) mass is 366 g/mol. The summed E-state index contributed by atoms with van der Waals surface area (Å²) in [6.45, 7) is 1.23. The fraction of sp³-hybridized carbons (Fsp3) is 0.250. The van der Waals surface area contributed by atoms with Gasteiger partial charge in [0.1, 0.15) is 18.1 Å². The van der Waals surface area contributed by atoms with E-state index in [1.807, 2.05) is 42.5 Å². The van der Waals surface area contributed by atoms with Crippen LogP contribution in [0, 0.1) is 0 Å². The number of aromatic nitrogens is 2. The van der Waals surface area contributed by atoms with Crippen LogP contribution in [0.3, 0.4) is 0 Å². The summed E-state index contributed by atoms with van der Waals surface area (Å²) in [6.07, 6.45) is 1.97. The average molecular weight is 366 g/mol. The van der Waals surface area contributed by atoms with Gasteiger partial charge in [0, 0.05) is 25.9 Å². The van der Waals surface area contributed by atoms with E-state index in [4.69, 9.17) is 15.0 Å². The van der Waals surface area contributed by atoms with Gasteiger partial charge >= 0.3 is 0 Å². The summed E-state index contributed by atoms with van der Waals surface area (Å²) >= 11 is 0. The summed E-state index contributed by atoms with van der Waals surface area (Å²) in [5.74, 6) is 1.29. The van der Waals surface area contributed by atoms with Crippen molar-refractivity contribution in [3.63, 3.8) is 0 Å². The van der Waals surface area contributed by atoms with E-state index in [0.29, 0.717) is 36.9 Å². The Bertz CT molecular complexity index is 880. The predicted molar refractivity (Wildman–Crippen MR) is 101 cm³/mol. The lowest BCUT2D eigenvalue weighted by Crippen LogP contribution is -2.27. The van der Waals surface area contributed by atoms with Gasteiger partial charge in [-0.05, 0) is 29.8 Å². The summed E-state index contributed by atoms with van der Waals surface area (Å²) in [6, 6.07) is 14.9. The molecule has 2 N–H and O–H groups in total. The molecular weight excluding hydrogens is 344 g/mol. The van der Waals surface area contributed by atoms with E-state index in [9.17, 15) is 4.79 Å². The van der Waals surface area contributed by atoms with Gasteiger partial charge in [-0.1, -0.05) is 23.4 Å². The van der Waals surface area contributed by atoms with Crippen LogP contribution in [0.25, 0.3) is 11.4 Å². The van der Waals surface area contributed by atoms with Crippen LogP contribution in [0.1, 0.15) is 11.3 Å². The number of nitrogens with zero attached hydrogens (tertiary/aromatic N) is 3. The molecule has 7 nitrogen and oxygen atoms in total. The highest BCUT2D eigenvalue weighted by Crippen LogP contribution is 2.18. The Labute approximate surface area is 157 Å². The first-order chi connectivity index (χ1) is 13.2. The van der Waals surface area contributed by atoms with Crippen LogP contribution in [0.4, 0.5) is 0 Å². The molecule has 0 aliphatic heterocycles. The standard InChI is InChI=1S/C20H22N4O3/c1-24(14-17-13-19(23-27-17)18-7-2-3-9-22-18)20(25)12-15-5-4-6-16(11-15)26-10-8-21/h2-7,9,11,13H,8,10,12,14,21H2,1H3. The molecule has 0 unspecified atom stereocenters. The van der Waals surface area contributed by atoms with E-state index < -0.39 is 0 Å². The smallest absolute Gasteiger partial charge is 0.227 e. The third-order valence-electron chi connectivity index (χ3n) is 3.95. The fourth-order valence-electron chi connectivity index (χ4n) is 2.58. The van der Waals surface area contributed by atoms with Crippen LogP contribution >= 0.6 is 0 Å². The quantitative estimate of drug-likeness (QED) is 0.657. The van der Waals surface area contributed by atoms with Crippen molar-refractivity contribution in [2.24, 2.45) is 5.73 Å². The topological polar surface area (TPSA) is 94.5 Å². The lowest BCUT2D eigenvalue weighted by molar-refractivity contribution is -0.129. The molecule has 0 aliphatic carbocycles. The van der Waals surface area contributed by atoms with Crippen molar-refractivity contribution in [2.45, 2.75) is 13.0 Å². The number of pyridine rings is 1. The molecule has 0 saturated heterocycles. The molecule has 0 spiro atoms. The third-order valence-corrected chi connectivity index (χ3v) is 3.95. The number of carbonyl (C=O) groups is 1. The van der Waals surface area contributed by atoms with E-state index in [1.54, 1.807) is 24.2 Å². The first-order valence-corrected chi connectivity index (χ1v) is 8.68. The van der Waals surface area contributed by atoms with Gasteiger partial charge in [0.25, 0.3) is 0 Å². The Balaban J connectivity index is 1.59. The van der Waals surface area contributed by atoms with Crippen LogP contribution in [0.2, 0.25) is 0 Å². The molecule has 3 aromatic rings. The van der Waals surface area contributed by atoms with Gasteiger partial charge in [-0.3, -0.25) is 9.78 Å². The molecule has 140 valence electrons. The minimum Gasteiger partial charge on any atom is -0.492 e. The minimum atomic E-state index is -0.0261. The van der Waals surface area contributed by atoms with Crippen LogP contribution in [0.15, 0.2) is 59.3 Å². The molecule has 1 aromatic carbocycles. The second-order valence-corrected chi connectivity index (χ2v) is 6.10. The molecule has 1 amide bonds. The van der Waals surface area contributed by atoms with Crippen LogP contribution in [0.5, 0.6) is 5.75 Å². The molecule has 0 saturated carbocycles. The highest BCUT2D eigenvalue weighted by atomic mass is 16.5. The van der Waals surface area contributed by atoms with Crippen molar-refractivity contribution in [2.75, 3.05) is 20.2 Å². The molecule has 27 heavy (non-hydrogen) atoms. The minimum absolute atomic E-state index is 0.0261. The zero-order valence-electron chi connectivity index (χ0n) is 15.2. The van der Waals surface area contributed by atoms with Crippen LogP contribution in [-0.2, 0) is 17.8 Å². The molecule has 2 aromatic heterocycles. The summed E-state index contributed by atoms with van der Waals surface area (Å²) < 4.78 is 10.8. The number of benzene rings is 1. The first kappa shape index (κ1) is 18.6. The molecule has 0 fully saturated rings. The number of nitrogens with two attached hydrogens (primary N) is 1. The zero-order valence-corrected chi connectivity index (χ0v) is 15.2. The van der Waals surface area contributed by atoms with Gasteiger partial charge in [-0.15, -0.1) is 0 Å². The summed E-state index contributed by atoms with van der Waals surface area (Å²) in [5.41, 5.74) is 7.71. The Morgan fingerprint density at radius 3 is 2.85 bits per heavy atom. The normalized spacial score (nSPS) is 10.6. The highest BCUT2D eigenvalue weighted by Gasteiger charge is 2.14. The maximum atomic E-state index is 12.5. The van der Waals surface area contributed by atoms with Crippen molar-refractivity contribution < 1.29 is 14.1 Å². The number of likely N-dealkylation sites (N-methyl/N-ethyl adjacent to an activating group) is 1. The van der Waals surface area contributed by atoms with Gasteiger partial charge in [0.05, 0.1) is 18.7 Å². The van der Waals surface area contributed by atoms with Crippen molar-refractivity contribution in [1.29, 1.82) is 0 Å². The van der Waals surface area contributed by atoms with Gasteiger partial charge in [-0.25, -0.2) is 0 Å². The third kappa shape index (κ3) is 5.15. The number of amides is 1. The predicted octanol–water partition coefficient (Wildman–Crippen LogP) is 2.28. The fourth-order valence-corrected chi connectivity index (χ4v) is 2.58. The van der Waals surface area contributed by atoms with E-state index in [-0.39, 0.29) is 12.3 Å². The van der Waals surface area contributed by atoms with E-state index >= 15 is 0 Å². The highest BCUT2D eigenvalue weighted by molar-refractivity contribution is 5.78. The number of hydrogen-bond donors (Lipinski definition) is 1. The van der Waals surface area contributed by atoms with Crippen molar-refractivity contribution >= 4 is 5.91 Å². The Morgan fingerprint density at radius 2 is 2.07 bits per heavy atom. The van der Waals surface area contributed by atoms with Gasteiger partial charge in [0.2, 0.25) is 5.91 Å². The molecule has 0 radical (unpaired) electrons. The molecule has 2 heterocycles. The Morgan fingerprint density at radius 1 is 1.19 bits per heavy atom. The van der Waals surface area contributed by atoms with Crippen LogP contribution in [-0.4, -0.2) is 41.1 Å². The number of rotatable bonds is 8. The van der Waals surface area contributed by atoms with Gasteiger partial charge in [-0.2, -0.15) is 0 Å². The van der Waals surface area contributed by atoms with Gasteiger partial charge < -0.3 is 19.9 Å². The Kier molecular flexibility index (Phi) is 6.17. The lowest BCUT2D eigenvalue weighted by atomic mass is 10.1. The average Bonchev–Trinajstić information content (AvgIpc) is 3.16.